The van der Waals surface area contributed by atoms with Gasteiger partial charge in [-0.3, -0.25) is 4.57 Å². The van der Waals surface area contributed by atoms with Crippen molar-refractivity contribution < 1.29 is 4.74 Å². The summed E-state index contributed by atoms with van der Waals surface area (Å²) < 4.78 is 7.71. The van der Waals surface area contributed by atoms with Crippen LogP contribution >= 0.6 is 0 Å². The minimum absolute atomic E-state index is 0.0916. The number of para-hydroxylation sites is 1. The van der Waals surface area contributed by atoms with Gasteiger partial charge in [0.1, 0.15) is 5.75 Å². The van der Waals surface area contributed by atoms with E-state index in [0.29, 0.717) is 11.7 Å². The van der Waals surface area contributed by atoms with Crippen LogP contribution in [0.5, 0.6) is 11.8 Å². The Morgan fingerprint density at radius 1 is 0.656 bits per heavy atom. The second kappa shape index (κ2) is 7.47. The highest BCUT2D eigenvalue weighted by molar-refractivity contribution is 6.09. The van der Waals surface area contributed by atoms with Crippen LogP contribution in [-0.4, -0.2) is 40.1 Å². The van der Waals surface area contributed by atoms with Crippen molar-refractivity contribution in [1.29, 1.82) is 0 Å². The third kappa shape index (κ3) is 3.08. The van der Waals surface area contributed by atoms with Crippen LogP contribution in [0.3, 0.4) is 0 Å². The molecule has 0 aliphatic rings. The minimum Gasteiger partial charge on any atom is -0.422 e. The maximum absolute atomic E-state index is 5.69. The topological polar surface area (TPSA) is 104 Å². The molecule has 0 aliphatic heterocycles. The highest BCUT2D eigenvalue weighted by Crippen LogP contribution is 2.34. The normalized spacial score (nSPS) is 11.1. The Morgan fingerprint density at radius 3 is 2.38 bits per heavy atom. The molecule has 0 fully saturated rings. The smallest absolute Gasteiger partial charge is 0.360 e. The molecular weight excluding hydrogens is 404 g/mol. The van der Waals surface area contributed by atoms with Gasteiger partial charge in [-0.1, -0.05) is 52.7 Å². The molecule has 0 unspecified atom stereocenters. The second-order valence-electron chi connectivity index (χ2n) is 6.99. The van der Waals surface area contributed by atoms with Crippen molar-refractivity contribution in [1.82, 2.24) is 40.1 Å². The third-order valence-corrected chi connectivity index (χ3v) is 5.11. The summed E-state index contributed by atoms with van der Waals surface area (Å²) in [6.45, 7) is 0. The molecule has 0 atom stereocenters. The van der Waals surface area contributed by atoms with Crippen molar-refractivity contribution in [3.63, 3.8) is 0 Å². The van der Waals surface area contributed by atoms with E-state index in [1.165, 1.54) is 6.33 Å². The first-order valence-electron chi connectivity index (χ1n) is 9.83. The molecule has 6 rings (SSSR count). The van der Waals surface area contributed by atoms with Gasteiger partial charge in [-0.05, 0) is 35.4 Å². The predicted molar refractivity (Wildman–Crippen MR) is 117 cm³/mol. The van der Waals surface area contributed by atoms with E-state index in [1.807, 2.05) is 41.0 Å². The van der Waals surface area contributed by atoms with Gasteiger partial charge in [0.2, 0.25) is 0 Å². The Labute approximate surface area is 181 Å². The average Bonchev–Trinajstić information content (AvgIpc) is 3.19. The lowest BCUT2D eigenvalue weighted by molar-refractivity contribution is 0.423. The Morgan fingerprint density at radius 2 is 1.50 bits per heavy atom. The molecule has 0 bridgehead atoms. The van der Waals surface area contributed by atoms with Crippen molar-refractivity contribution in [2.24, 2.45) is 0 Å². The van der Waals surface area contributed by atoms with Gasteiger partial charge in [0.05, 0.1) is 23.4 Å². The number of hydrogen-bond donors (Lipinski definition) is 0. The van der Waals surface area contributed by atoms with E-state index in [4.69, 9.17) is 4.74 Å². The number of fused-ring (bicyclic) bond motifs is 3. The molecular formula is C23H14N8O. The summed E-state index contributed by atoms with van der Waals surface area (Å²) in [6, 6.07) is 22.3. The van der Waals surface area contributed by atoms with Gasteiger partial charge in [0.15, 0.2) is 6.33 Å². The molecule has 0 saturated heterocycles. The SMILES string of the molecule is c1cc(Oc2nncnn2)cc(-c2ccc3c4ccccc4n(-c4nccnn4)c3c2)c1. The fourth-order valence-corrected chi connectivity index (χ4v) is 3.79. The van der Waals surface area contributed by atoms with Crippen LogP contribution < -0.4 is 4.74 Å². The fourth-order valence-electron chi connectivity index (χ4n) is 3.79. The zero-order chi connectivity index (χ0) is 21.3. The molecule has 3 heterocycles. The van der Waals surface area contributed by atoms with Crippen LogP contribution in [0.4, 0.5) is 0 Å². The first-order valence-corrected chi connectivity index (χ1v) is 9.83. The third-order valence-electron chi connectivity index (χ3n) is 5.11. The molecule has 0 saturated carbocycles. The molecule has 0 radical (unpaired) electrons. The Balaban J connectivity index is 1.50. The maximum atomic E-state index is 5.69. The van der Waals surface area contributed by atoms with E-state index in [0.717, 1.165) is 32.9 Å². The fraction of sp³-hybridized carbons (Fsp3) is 0. The van der Waals surface area contributed by atoms with Crippen molar-refractivity contribution in [2.75, 3.05) is 0 Å². The summed E-state index contributed by atoms with van der Waals surface area (Å²) in [4.78, 5) is 4.43. The summed E-state index contributed by atoms with van der Waals surface area (Å²) in [5, 5.41) is 25.5. The largest absolute Gasteiger partial charge is 0.422 e. The maximum Gasteiger partial charge on any atom is 0.360 e. The van der Waals surface area contributed by atoms with E-state index in [1.54, 1.807) is 12.4 Å². The molecule has 3 aromatic carbocycles. The van der Waals surface area contributed by atoms with Crippen LogP contribution in [0.2, 0.25) is 0 Å². The van der Waals surface area contributed by atoms with Crippen LogP contribution in [0.25, 0.3) is 38.9 Å². The molecule has 6 aromatic rings. The number of aromatic nitrogens is 8. The molecule has 0 spiro atoms. The summed E-state index contributed by atoms with van der Waals surface area (Å²) in [5.41, 5.74) is 4.00. The number of nitrogens with zero attached hydrogens (tertiary/aromatic N) is 8. The molecule has 152 valence electrons. The van der Waals surface area contributed by atoms with E-state index in [-0.39, 0.29) is 6.01 Å². The van der Waals surface area contributed by atoms with Gasteiger partial charge in [0, 0.05) is 10.8 Å². The quantitative estimate of drug-likeness (QED) is 0.423. The molecule has 32 heavy (non-hydrogen) atoms. The number of benzene rings is 3. The van der Waals surface area contributed by atoms with Crippen LogP contribution in [0.15, 0.2) is 85.5 Å². The second-order valence-corrected chi connectivity index (χ2v) is 6.99. The predicted octanol–water partition coefficient (Wildman–Crippen LogP) is 4.01. The van der Waals surface area contributed by atoms with Gasteiger partial charge in [0.25, 0.3) is 5.95 Å². The highest BCUT2D eigenvalue weighted by Gasteiger charge is 2.15. The summed E-state index contributed by atoms with van der Waals surface area (Å²) in [5.74, 6) is 1.11. The van der Waals surface area contributed by atoms with E-state index in [9.17, 15) is 0 Å². The lowest BCUT2D eigenvalue weighted by Gasteiger charge is -2.08. The van der Waals surface area contributed by atoms with E-state index >= 15 is 0 Å². The Kier molecular flexibility index (Phi) is 4.21. The van der Waals surface area contributed by atoms with Gasteiger partial charge in [-0.2, -0.15) is 5.10 Å². The number of ether oxygens (including phenoxy) is 1. The number of rotatable bonds is 4. The van der Waals surface area contributed by atoms with E-state index < -0.39 is 0 Å². The minimum atomic E-state index is 0.0916. The molecule has 0 N–H and O–H groups in total. The van der Waals surface area contributed by atoms with Crippen molar-refractivity contribution in [3.8, 4) is 28.8 Å². The Bertz CT molecular complexity index is 1550. The average molecular weight is 418 g/mol. The highest BCUT2D eigenvalue weighted by atomic mass is 16.5. The summed E-state index contributed by atoms with van der Waals surface area (Å²) >= 11 is 0. The zero-order valence-electron chi connectivity index (χ0n) is 16.6. The van der Waals surface area contributed by atoms with E-state index in [2.05, 4.69) is 65.9 Å². The lowest BCUT2D eigenvalue weighted by Crippen LogP contribution is -2.01. The first kappa shape index (κ1) is 18.0. The van der Waals surface area contributed by atoms with Crippen molar-refractivity contribution in [3.05, 3.63) is 85.5 Å². The molecule has 0 amide bonds. The zero-order valence-corrected chi connectivity index (χ0v) is 16.6. The van der Waals surface area contributed by atoms with Gasteiger partial charge in [-0.15, -0.1) is 15.3 Å². The summed E-state index contributed by atoms with van der Waals surface area (Å²) in [6.07, 6.45) is 4.46. The molecule has 0 aliphatic carbocycles. The van der Waals surface area contributed by atoms with Gasteiger partial charge in [-0.25, -0.2) is 4.98 Å². The molecule has 3 aromatic heterocycles. The summed E-state index contributed by atoms with van der Waals surface area (Å²) in [7, 11) is 0. The molecule has 9 nitrogen and oxygen atoms in total. The number of hydrogen-bond acceptors (Lipinski definition) is 8. The monoisotopic (exact) mass is 418 g/mol. The van der Waals surface area contributed by atoms with Crippen molar-refractivity contribution >= 4 is 21.8 Å². The lowest BCUT2D eigenvalue weighted by atomic mass is 10.0. The van der Waals surface area contributed by atoms with Crippen LogP contribution in [0.1, 0.15) is 0 Å². The molecule has 9 heteroatoms. The van der Waals surface area contributed by atoms with Gasteiger partial charge < -0.3 is 4.74 Å². The van der Waals surface area contributed by atoms with Crippen molar-refractivity contribution in [2.45, 2.75) is 0 Å². The Hall–Kier alpha value is -4.79. The van der Waals surface area contributed by atoms with Crippen LogP contribution in [0, 0.1) is 0 Å². The standard InChI is InChI=1S/C23H14N8O/c1-2-7-20-18(6-1)19-9-8-16(13-21(19)31(20)22-24-10-11-25-28-22)15-4-3-5-17(12-15)32-23-29-26-14-27-30-23/h1-14H. The first-order chi connectivity index (χ1) is 15.9. The van der Waals surface area contributed by atoms with Gasteiger partial charge >= 0.3 is 6.01 Å². The van der Waals surface area contributed by atoms with Crippen LogP contribution in [-0.2, 0) is 0 Å².